The number of carbonyl (C=O) groups is 3. The van der Waals surface area contributed by atoms with Crippen LogP contribution in [0.1, 0.15) is 57.6 Å². The molecule has 0 bridgehead atoms. The maximum atomic E-state index is 12.0. The van der Waals surface area contributed by atoms with E-state index in [1.54, 1.807) is 4.90 Å². The van der Waals surface area contributed by atoms with Gasteiger partial charge in [-0.2, -0.15) is 0 Å². The Balaban J connectivity index is 0.000000239. The first-order valence-corrected chi connectivity index (χ1v) is 14.4. The fourth-order valence-corrected chi connectivity index (χ4v) is 4.48. The number of rotatable bonds is 4. The summed E-state index contributed by atoms with van der Waals surface area (Å²) in [5.74, 6) is 0. The lowest BCUT2D eigenvalue weighted by Gasteiger charge is -2.33. The third-order valence-electron chi connectivity index (χ3n) is 6.78. The third kappa shape index (κ3) is 12.1. The summed E-state index contributed by atoms with van der Waals surface area (Å²) in [6.45, 7) is 12.7. The van der Waals surface area contributed by atoms with E-state index in [4.69, 9.17) is 4.74 Å². The molecule has 2 saturated heterocycles. The number of ether oxygens (including phenoxy) is 1. The van der Waals surface area contributed by atoms with Crippen molar-refractivity contribution in [2.45, 2.75) is 78.0 Å². The number of carbonyl (C=O) groups excluding carboxylic acids is 3. The lowest BCUT2D eigenvalue weighted by atomic mass is 10.1. The van der Waals surface area contributed by atoms with E-state index in [2.05, 4.69) is 26.6 Å². The highest BCUT2D eigenvalue weighted by Crippen LogP contribution is 2.16. The standard InChI is InChI=1S/C18H27N3O3.C13H19N3O/c1-13-5-7-14(8-6-13)19-16(22)20-15-9-11-21(12-10-15)17(23)24-18(2,3)4;1-10-2-4-11(5-3-10)15-13(17)16-12-6-8-14-9-7-12/h5-8,15H,9-12H2,1-4H3,(H2,19,20,22);2-5,12,14H,6-9H2,1H3,(H2,15,16,17). The van der Waals surface area contributed by atoms with Crippen LogP contribution >= 0.6 is 0 Å². The number of likely N-dealkylation sites (tertiary alicyclic amines) is 1. The van der Waals surface area contributed by atoms with Gasteiger partial charge in [0.05, 0.1) is 0 Å². The maximum Gasteiger partial charge on any atom is 0.410 e. The van der Waals surface area contributed by atoms with Crippen LogP contribution in [-0.4, -0.2) is 66.9 Å². The molecule has 0 saturated carbocycles. The number of piperidine rings is 2. The van der Waals surface area contributed by atoms with Gasteiger partial charge in [-0.3, -0.25) is 0 Å². The lowest BCUT2D eigenvalue weighted by molar-refractivity contribution is 0.0202. The highest BCUT2D eigenvalue weighted by molar-refractivity contribution is 5.90. The zero-order valence-electron chi connectivity index (χ0n) is 25.0. The number of amides is 5. The molecule has 2 fully saturated rings. The minimum atomic E-state index is -0.486. The predicted molar refractivity (Wildman–Crippen MR) is 163 cm³/mol. The van der Waals surface area contributed by atoms with Crippen LogP contribution in [-0.2, 0) is 4.74 Å². The summed E-state index contributed by atoms with van der Waals surface area (Å²) in [5, 5.41) is 14.9. The zero-order valence-corrected chi connectivity index (χ0v) is 25.0. The SMILES string of the molecule is Cc1ccc(NC(=O)NC2CCN(C(=O)OC(C)(C)C)CC2)cc1.Cc1ccc(NC(=O)NC2CCNCC2)cc1. The van der Waals surface area contributed by atoms with Crippen LogP contribution in [0.15, 0.2) is 48.5 Å². The minimum Gasteiger partial charge on any atom is -0.444 e. The fourth-order valence-electron chi connectivity index (χ4n) is 4.48. The number of urea groups is 2. The van der Waals surface area contributed by atoms with Crippen molar-refractivity contribution in [2.75, 3.05) is 36.8 Å². The molecule has 41 heavy (non-hydrogen) atoms. The molecule has 2 aromatic rings. The first-order chi connectivity index (χ1) is 19.5. The number of nitrogens with zero attached hydrogens (tertiary/aromatic N) is 1. The molecule has 5 amide bonds. The molecule has 0 aromatic heterocycles. The summed E-state index contributed by atoms with van der Waals surface area (Å²) >= 11 is 0. The van der Waals surface area contributed by atoms with E-state index < -0.39 is 5.60 Å². The summed E-state index contributed by atoms with van der Waals surface area (Å²) in [6.07, 6.45) is 3.16. The van der Waals surface area contributed by atoms with Crippen LogP contribution < -0.4 is 26.6 Å². The van der Waals surface area contributed by atoms with E-state index in [0.29, 0.717) is 19.1 Å². The van der Waals surface area contributed by atoms with Crippen molar-refractivity contribution in [3.8, 4) is 0 Å². The van der Waals surface area contributed by atoms with Crippen LogP contribution in [0.5, 0.6) is 0 Å². The Hall–Kier alpha value is -3.79. The molecule has 0 unspecified atom stereocenters. The summed E-state index contributed by atoms with van der Waals surface area (Å²) in [6, 6.07) is 15.5. The molecule has 5 N–H and O–H groups in total. The fraction of sp³-hybridized carbons (Fsp3) is 0.516. The molecule has 2 aromatic carbocycles. The molecule has 0 radical (unpaired) electrons. The predicted octanol–water partition coefficient (Wildman–Crippen LogP) is 5.38. The normalized spacial score (nSPS) is 16.1. The highest BCUT2D eigenvalue weighted by atomic mass is 16.6. The molecule has 0 spiro atoms. The molecule has 224 valence electrons. The second kappa shape index (κ2) is 15.3. The first-order valence-electron chi connectivity index (χ1n) is 14.4. The molecular weight excluding hydrogens is 520 g/mol. The van der Waals surface area contributed by atoms with Crippen molar-refractivity contribution in [1.82, 2.24) is 20.9 Å². The molecule has 4 rings (SSSR count). The first kappa shape index (κ1) is 31.7. The molecule has 2 aliphatic heterocycles. The topological polar surface area (TPSA) is 124 Å². The Morgan fingerprint density at radius 2 is 1.15 bits per heavy atom. The molecule has 2 heterocycles. The van der Waals surface area contributed by atoms with E-state index >= 15 is 0 Å². The van der Waals surface area contributed by atoms with Gasteiger partial charge in [-0.1, -0.05) is 35.4 Å². The van der Waals surface area contributed by atoms with Gasteiger partial charge in [0.15, 0.2) is 0 Å². The second-order valence-electron chi connectivity index (χ2n) is 11.7. The van der Waals surface area contributed by atoms with Gasteiger partial charge in [-0.15, -0.1) is 0 Å². The van der Waals surface area contributed by atoms with Crippen LogP contribution in [0.4, 0.5) is 25.8 Å². The van der Waals surface area contributed by atoms with E-state index in [-0.39, 0.29) is 24.2 Å². The van der Waals surface area contributed by atoms with Crippen LogP contribution in [0.3, 0.4) is 0 Å². The van der Waals surface area contributed by atoms with E-state index in [1.165, 1.54) is 5.56 Å². The van der Waals surface area contributed by atoms with Crippen molar-refractivity contribution in [1.29, 1.82) is 0 Å². The lowest BCUT2D eigenvalue weighted by Crippen LogP contribution is -2.48. The maximum absolute atomic E-state index is 12.0. The van der Waals surface area contributed by atoms with Gasteiger partial charge in [-0.05, 0) is 97.7 Å². The Labute approximate surface area is 244 Å². The molecule has 10 heteroatoms. The molecule has 2 aliphatic rings. The van der Waals surface area contributed by atoms with Crippen molar-refractivity contribution < 1.29 is 19.1 Å². The summed E-state index contributed by atoms with van der Waals surface area (Å²) in [5.41, 5.74) is 3.45. The monoisotopic (exact) mass is 566 g/mol. The Kier molecular flexibility index (Phi) is 11.8. The summed E-state index contributed by atoms with van der Waals surface area (Å²) < 4.78 is 5.37. The average molecular weight is 567 g/mol. The number of hydrogen-bond donors (Lipinski definition) is 5. The molecule has 10 nitrogen and oxygen atoms in total. The Morgan fingerprint density at radius 1 is 0.732 bits per heavy atom. The minimum absolute atomic E-state index is 0.0640. The van der Waals surface area contributed by atoms with E-state index in [1.807, 2.05) is 83.1 Å². The third-order valence-corrected chi connectivity index (χ3v) is 6.78. The van der Waals surface area contributed by atoms with Crippen LogP contribution in [0.25, 0.3) is 0 Å². The number of aryl methyl sites for hydroxylation is 2. The van der Waals surface area contributed by atoms with Crippen LogP contribution in [0, 0.1) is 13.8 Å². The van der Waals surface area contributed by atoms with Gasteiger partial charge < -0.3 is 36.2 Å². The van der Waals surface area contributed by atoms with E-state index in [0.717, 1.165) is 55.7 Å². The number of anilines is 2. The average Bonchev–Trinajstić information content (AvgIpc) is 2.92. The molecular formula is C31H46N6O4. The largest absolute Gasteiger partial charge is 0.444 e. The second-order valence-corrected chi connectivity index (χ2v) is 11.7. The highest BCUT2D eigenvalue weighted by Gasteiger charge is 2.27. The summed E-state index contributed by atoms with van der Waals surface area (Å²) in [7, 11) is 0. The Morgan fingerprint density at radius 3 is 1.56 bits per heavy atom. The van der Waals surface area contributed by atoms with Gasteiger partial charge in [0.1, 0.15) is 5.60 Å². The summed E-state index contributed by atoms with van der Waals surface area (Å²) in [4.78, 5) is 37.5. The van der Waals surface area contributed by atoms with Gasteiger partial charge in [0.2, 0.25) is 0 Å². The van der Waals surface area contributed by atoms with Gasteiger partial charge in [0, 0.05) is 36.5 Å². The zero-order chi connectivity index (χ0) is 29.8. The van der Waals surface area contributed by atoms with Gasteiger partial charge >= 0.3 is 18.2 Å². The number of nitrogens with one attached hydrogen (secondary N) is 5. The van der Waals surface area contributed by atoms with Crippen molar-refractivity contribution in [3.63, 3.8) is 0 Å². The van der Waals surface area contributed by atoms with Crippen molar-refractivity contribution >= 4 is 29.5 Å². The van der Waals surface area contributed by atoms with Gasteiger partial charge in [0.25, 0.3) is 0 Å². The van der Waals surface area contributed by atoms with Crippen molar-refractivity contribution in [3.05, 3.63) is 59.7 Å². The molecule has 0 aliphatic carbocycles. The van der Waals surface area contributed by atoms with Crippen LogP contribution in [0.2, 0.25) is 0 Å². The number of hydrogen-bond acceptors (Lipinski definition) is 5. The van der Waals surface area contributed by atoms with Gasteiger partial charge in [-0.25, -0.2) is 14.4 Å². The van der Waals surface area contributed by atoms with Crippen molar-refractivity contribution in [2.24, 2.45) is 0 Å². The Bertz CT molecular complexity index is 1120. The number of benzene rings is 2. The quantitative estimate of drug-likeness (QED) is 0.340. The van der Waals surface area contributed by atoms with E-state index in [9.17, 15) is 14.4 Å². The molecule has 0 atom stereocenters. The smallest absolute Gasteiger partial charge is 0.410 e.